The molecule has 1 aromatic heterocycles. The Balaban J connectivity index is 1.78. The van der Waals surface area contributed by atoms with Crippen LogP contribution in [0.15, 0.2) is 17.2 Å². The van der Waals surface area contributed by atoms with Gasteiger partial charge in [-0.05, 0) is 31.6 Å². The minimum atomic E-state index is 0.0569. The zero-order valence-electron chi connectivity index (χ0n) is 11.6. The van der Waals surface area contributed by atoms with Gasteiger partial charge in [-0.3, -0.25) is 4.79 Å². The summed E-state index contributed by atoms with van der Waals surface area (Å²) in [4.78, 5) is 16.6. The Hall–Kier alpha value is -1.32. The molecule has 2 atom stereocenters. The Bertz CT molecular complexity index is 492. The van der Waals surface area contributed by atoms with Crippen LogP contribution in [0.4, 0.5) is 5.82 Å². The maximum absolute atomic E-state index is 12.4. The van der Waals surface area contributed by atoms with Gasteiger partial charge in [-0.2, -0.15) is 0 Å². The third-order valence-corrected chi connectivity index (χ3v) is 4.49. The second-order valence-corrected chi connectivity index (χ2v) is 6.09. The minimum absolute atomic E-state index is 0.0569. The van der Waals surface area contributed by atoms with Crippen LogP contribution in [0.2, 0.25) is 0 Å². The van der Waals surface area contributed by atoms with Crippen molar-refractivity contribution in [1.82, 2.24) is 9.55 Å². The predicted molar refractivity (Wildman–Crippen MR) is 76.4 cm³/mol. The van der Waals surface area contributed by atoms with E-state index in [9.17, 15) is 4.79 Å². The van der Waals surface area contributed by atoms with Crippen molar-refractivity contribution < 1.29 is 0 Å². The number of nitrogens with one attached hydrogen (secondary N) is 1. The Morgan fingerprint density at radius 1 is 1.21 bits per heavy atom. The van der Waals surface area contributed by atoms with Gasteiger partial charge in [-0.25, -0.2) is 4.98 Å². The van der Waals surface area contributed by atoms with Gasteiger partial charge in [0.2, 0.25) is 0 Å². The number of nitrogens with zero attached hydrogens (tertiary/aromatic N) is 2. The van der Waals surface area contributed by atoms with Gasteiger partial charge in [0.05, 0.1) is 0 Å². The SMILES string of the molecule is CC1CCCCCC1Nc1nccn(C2CC2)c1=O. The Morgan fingerprint density at radius 2 is 2.00 bits per heavy atom. The van der Waals surface area contributed by atoms with E-state index in [1.807, 2.05) is 10.8 Å². The van der Waals surface area contributed by atoms with Gasteiger partial charge in [0, 0.05) is 24.5 Å². The molecule has 1 heterocycles. The van der Waals surface area contributed by atoms with Crippen molar-refractivity contribution in [3.8, 4) is 0 Å². The summed E-state index contributed by atoms with van der Waals surface area (Å²) in [6, 6.07) is 0.820. The van der Waals surface area contributed by atoms with Crippen LogP contribution in [0, 0.1) is 5.92 Å². The van der Waals surface area contributed by atoms with Crippen molar-refractivity contribution in [3.63, 3.8) is 0 Å². The first-order valence-corrected chi connectivity index (χ1v) is 7.59. The molecule has 2 fully saturated rings. The second-order valence-electron chi connectivity index (χ2n) is 6.09. The molecule has 4 heteroatoms. The van der Waals surface area contributed by atoms with E-state index in [2.05, 4.69) is 17.2 Å². The van der Waals surface area contributed by atoms with Crippen LogP contribution in [-0.4, -0.2) is 15.6 Å². The summed E-state index contributed by atoms with van der Waals surface area (Å²) in [6.45, 7) is 2.28. The number of hydrogen-bond donors (Lipinski definition) is 1. The van der Waals surface area contributed by atoms with Gasteiger partial charge in [0.25, 0.3) is 5.56 Å². The summed E-state index contributed by atoms with van der Waals surface area (Å²) in [5.74, 6) is 1.17. The second kappa shape index (κ2) is 5.35. The van der Waals surface area contributed by atoms with Crippen LogP contribution in [0.5, 0.6) is 0 Å². The largest absolute Gasteiger partial charge is 0.362 e. The van der Waals surface area contributed by atoms with Gasteiger partial charge in [-0.15, -0.1) is 0 Å². The third kappa shape index (κ3) is 2.82. The first-order chi connectivity index (χ1) is 9.25. The third-order valence-electron chi connectivity index (χ3n) is 4.49. The lowest BCUT2D eigenvalue weighted by Crippen LogP contribution is -2.32. The molecule has 19 heavy (non-hydrogen) atoms. The normalized spacial score (nSPS) is 27.8. The molecule has 1 N–H and O–H groups in total. The molecule has 0 aromatic carbocycles. The van der Waals surface area contributed by atoms with E-state index in [1.54, 1.807) is 6.20 Å². The fourth-order valence-corrected chi connectivity index (χ4v) is 3.05. The zero-order valence-corrected chi connectivity index (χ0v) is 11.6. The minimum Gasteiger partial charge on any atom is -0.362 e. The zero-order chi connectivity index (χ0) is 13.2. The molecule has 0 spiro atoms. The molecular weight excluding hydrogens is 238 g/mol. The molecule has 4 nitrogen and oxygen atoms in total. The van der Waals surface area contributed by atoms with Gasteiger partial charge >= 0.3 is 0 Å². The molecule has 2 aliphatic carbocycles. The summed E-state index contributed by atoms with van der Waals surface area (Å²) in [7, 11) is 0. The highest BCUT2D eigenvalue weighted by atomic mass is 16.1. The van der Waals surface area contributed by atoms with Gasteiger partial charge < -0.3 is 9.88 Å². The van der Waals surface area contributed by atoms with E-state index in [0.29, 0.717) is 23.8 Å². The molecule has 3 rings (SSSR count). The highest BCUT2D eigenvalue weighted by Crippen LogP contribution is 2.33. The number of rotatable bonds is 3. The van der Waals surface area contributed by atoms with Crippen molar-refractivity contribution in [2.24, 2.45) is 5.92 Å². The van der Waals surface area contributed by atoms with Crippen LogP contribution in [-0.2, 0) is 0 Å². The summed E-state index contributed by atoms with van der Waals surface area (Å²) < 4.78 is 1.84. The van der Waals surface area contributed by atoms with Crippen LogP contribution in [0.1, 0.15) is 57.9 Å². The highest BCUT2D eigenvalue weighted by Gasteiger charge is 2.26. The smallest absolute Gasteiger partial charge is 0.293 e. The van der Waals surface area contributed by atoms with E-state index >= 15 is 0 Å². The molecule has 2 saturated carbocycles. The van der Waals surface area contributed by atoms with Gasteiger partial charge in [0.1, 0.15) is 0 Å². The van der Waals surface area contributed by atoms with Crippen LogP contribution in [0.3, 0.4) is 0 Å². The maximum atomic E-state index is 12.4. The summed E-state index contributed by atoms with van der Waals surface area (Å²) in [5.41, 5.74) is 0.0569. The van der Waals surface area contributed by atoms with E-state index in [-0.39, 0.29) is 5.56 Å². The van der Waals surface area contributed by atoms with Crippen molar-refractivity contribution >= 4 is 5.82 Å². The average molecular weight is 261 g/mol. The summed E-state index contributed by atoms with van der Waals surface area (Å²) >= 11 is 0. The quantitative estimate of drug-likeness (QED) is 0.851. The lowest BCUT2D eigenvalue weighted by Gasteiger charge is -2.23. The molecule has 1 aromatic rings. The van der Waals surface area contributed by atoms with Gasteiger partial charge in [-0.1, -0.05) is 26.2 Å². The monoisotopic (exact) mass is 261 g/mol. The Kier molecular flexibility index (Phi) is 3.58. The molecule has 104 valence electrons. The van der Waals surface area contributed by atoms with Crippen LogP contribution >= 0.6 is 0 Å². The average Bonchev–Trinajstić information content (AvgIpc) is 3.22. The molecule has 0 bridgehead atoms. The Morgan fingerprint density at radius 3 is 2.79 bits per heavy atom. The summed E-state index contributed by atoms with van der Waals surface area (Å²) in [5, 5.41) is 3.42. The molecule has 2 aliphatic rings. The van der Waals surface area contributed by atoms with Crippen molar-refractivity contribution in [2.45, 2.75) is 64.0 Å². The topological polar surface area (TPSA) is 46.9 Å². The van der Waals surface area contributed by atoms with Crippen molar-refractivity contribution in [3.05, 3.63) is 22.7 Å². The number of aromatic nitrogens is 2. The highest BCUT2D eigenvalue weighted by molar-refractivity contribution is 5.33. The van der Waals surface area contributed by atoms with E-state index in [0.717, 1.165) is 19.3 Å². The maximum Gasteiger partial charge on any atom is 0.293 e. The molecule has 0 amide bonds. The molecule has 0 saturated heterocycles. The van der Waals surface area contributed by atoms with Gasteiger partial charge in [0.15, 0.2) is 5.82 Å². The Labute approximate surface area is 114 Å². The molecule has 2 unspecified atom stereocenters. The van der Waals surface area contributed by atoms with E-state index in [1.165, 1.54) is 25.7 Å². The molecular formula is C15H23N3O. The lowest BCUT2D eigenvalue weighted by molar-refractivity contribution is 0.454. The molecule has 0 aliphatic heterocycles. The van der Waals surface area contributed by atoms with Crippen molar-refractivity contribution in [2.75, 3.05) is 5.32 Å². The number of hydrogen-bond acceptors (Lipinski definition) is 3. The predicted octanol–water partition coefficient (Wildman–Crippen LogP) is 2.96. The lowest BCUT2D eigenvalue weighted by atomic mass is 9.97. The molecule has 0 radical (unpaired) electrons. The summed E-state index contributed by atoms with van der Waals surface area (Å²) in [6.07, 6.45) is 12.1. The first-order valence-electron chi connectivity index (χ1n) is 7.59. The van der Waals surface area contributed by atoms with E-state index < -0.39 is 0 Å². The standard InChI is InChI=1S/C15H23N3O/c1-11-5-3-2-4-6-13(11)17-14-15(19)18(10-9-16-14)12-7-8-12/h9-13H,2-8H2,1H3,(H,16,17). The van der Waals surface area contributed by atoms with Crippen LogP contribution in [0.25, 0.3) is 0 Å². The fraction of sp³-hybridized carbons (Fsp3) is 0.733. The van der Waals surface area contributed by atoms with Crippen molar-refractivity contribution in [1.29, 1.82) is 0 Å². The number of anilines is 1. The first kappa shape index (κ1) is 12.7. The van der Waals surface area contributed by atoms with Crippen LogP contribution < -0.4 is 10.9 Å². The fourth-order valence-electron chi connectivity index (χ4n) is 3.05. The van der Waals surface area contributed by atoms with E-state index in [4.69, 9.17) is 0 Å².